The molecule has 1 heterocycles. The molecule has 1 aliphatic heterocycles. The Hall–Kier alpha value is -2.73. The number of ether oxygens (including phenoxy) is 1. The summed E-state index contributed by atoms with van der Waals surface area (Å²) in [5, 5.41) is 10.7. The van der Waals surface area contributed by atoms with E-state index in [1.54, 1.807) is 17.0 Å². The van der Waals surface area contributed by atoms with E-state index in [1.807, 2.05) is 30.3 Å². The van der Waals surface area contributed by atoms with Crippen LogP contribution in [0.1, 0.15) is 17.2 Å². The van der Waals surface area contributed by atoms with Gasteiger partial charge in [0.05, 0.1) is 24.5 Å². The van der Waals surface area contributed by atoms with Crippen LogP contribution in [-0.2, 0) is 16.0 Å². The SMILES string of the molecule is O=C(Cc1ccc([N+](=O)[O-])cc1)N1CCO[C@H](c2ccccc2)C1. The number of hydrogen-bond acceptors (Lipinski definition) is 4. The van der Waals surface area contributed by atoms with Gasteiger partial charge < -0.3 is 9.64 Å². The van der Waals surface area contributed by atoms with Gasteiger partial charge in [0.2, 0.25) is 5.91 Å². The van der Waals surface area contributed by atoms with Crippen molar-refractivity contribution in [2.45, 2.75) is 12.5 Å². The first-order valence-electron chi connectivity index (χ1n) is 7.81. The zero-order chi connectivity index (χ0) is 16.9. The van der Waals surface area contributed by atoms with Crippen LogP contribution in [0, 0.1) is 10.1 Å². The van der Waals surface area contributed by atoms with E-state index in [9.17, 15) is 14.9 Å². The standard InChI is InChI=1S/C18H18N2O4/c21-18(12-14-6-8-16(9-7-14)20(22)23)19-10-11-24-17(13-19)15-4-2-1-3-5-15/h1-9,17H,10-13H2/t17-/m0/s1. The van der Waals surface area contributed by atoms with E-state index in [4.69, 9.17) is 4.74 Å². The van der Waals surface area contributed by atoms with Crippen molar-refractivity contribution < 1.29 is 14.5 Å². The third-order valence-corrected chi connectivity index (χ3v) is 4.09. The summed E-state index contributed by atoms with van der Waals surface area (Å²) >= 11 is 0. The van der Waals surface area contributed by atoms with Gasteiger partial charge in [-0.1, -0.05) is 42.5 Å². The molecule has 0 aromatic heterocycles. The molecule has 3 rings (SSSR count). The zero-order valence-corrected chi connectivity index (χ0v) is 13.1. The first kappa shape index (κ1) is 16.1. The summed E-state index contributed by atoms with van der Waals surface area (Å²) in [5.41, 5.74) is 1.86. The van der Waals surface area contributed by atoms with Crippen LogP contribution in [0.5, 0.6) is 0 Å². The molecule has 0 radical (unpaired) electrons. The molecule has 0 saturated carbocycles. The molecular formula is C18H18N2O4. The van der Waals surface area contributed by atoms with E-state index in [1.165, 1.54) is 12.1 Å². The number of hydrogen-bond donors (Lipinski definition) is 0. The predicted octanol–water partition coefficient (Wildman–Crippen LogP) is 2.74. The lowest BCUT2D eigenvalue weighted by molar-refractivity contribution is -0.384. The van der Waals surface area contributed by atoms with Crippen LogP contribution in [0.3, 0.4) is 0 Å². The number of amides is 1. The minimum atomic E-state index is -0.446. The van der Waals surface area contributed by atoms with E-state index < -0.39 is 4.92 Å². The Morgan fingerprint density at radius 3 is 2.54 bits per heavy atom. The fourth-order valence-electron chi connectivity index (χ4n) is 2.77. The Balaban J connectivity index is 1.63. The van der Waals surface area contributed by atoms with E-state index in [0.717, 1.165) is 11.1 Å². The van der Waals surface area contributed by atoms with Gasteiger partial charge in [-0.25, -0.2) is 0 Å². The smallest absolute Gasteiger partial charge is 0.269 e. The van der Waals surface area contributed by atoms with Crippen molar-refractivity contribution >= 4 is 11.6 Å². The Kier molecular flexibility index (Phi) is 4.86. The second-order valence-electron chi connectivity index (χ2n) is 5.71. The van der Waals surface area contributed by atoms with E-state index in [2.05, 4.69) is 0 Å². The molecule has 1 aliphatic rings. The lowest BCUT2D eigenvalue weighted by Crippen LogP contribution is -2.42. The number of morpholine rings is 1. The van der Waals surface area contributed by atoms with Gasteiger partial charge in [0, 0.05) is 18.7 Å². The number of carbonyl (C=O) groups excluding carboxylic acids is 1. The molecule has 1 saturated heterocycles. The second-order valence-corrected chi connectivity index (χ2v) is 5.71. The summed E-state index contributed by atoms with van der Waals surface area (Å²) in [4.78, 5) is 24.5. The first-order valence-corrected chi connectivity index (χ1v) is 7.81. The average molecular weight is 326 g/mol. The zero-order valence-electron chi connectivity index (χ0n) is 13.1. The highest BCUT2D eigenvalue weighted by Crippen LogP contribution is 2.22. The van der Waals surface area contributed by atoms with Gasteiger partial charge in [0.25, 0.3) is 5.69 Å². The van der Waals surface area contributed by atoms with Crippen molar-refractivity contribution in [2.24, 2.45) is 0 Å². The van der Waals surface area contributed by atoms with Gasteiger partial charge >= 0.3 is 0 Å². The molecule has 0 bridgehead atoms. The summed E-state index contributed by atoms with van der Waals surface area (Å²) in [6.45, 7) is 1.59. The number of carbonyl (C=O) groups is 1. The maximum Gasteiger partial charge on any atom is 0.269 e. The molecule has 0 unspecified atom stereocenters. The minimum absolute atomic E-state index is 0.00749. The topological polar surface area (TPSA) is 72.7 Å². The molecular weight excluding hydrogens is 308 g/mol. The molecule has 2 aromatic rings. The molecule has 24 heavy (non-hydrogen) atoms. The molecule has 6 nitrogen and oxygen atoms in total. The van der Waals surface area contributed by atoms with Crippen molar-refractivity contribution in [3.8, 4) is 0 Å². The second kappa shape index (κ2) is 7.23. The number of nitrogens with zero attached hydrogens (tertiary/aromatic N) is 2. The van der Waals surface area contributed by atoms with Gasteiger partial charge in [0.15, 0.2) is 0 Å². The summed E-state index contributed by atoms with van der Waals surface area (Å²) in [6, 6.07) is 16.0. The van der Waals surface area contributed by atoms with E-state index in [-0.39, 0.29) is 24.1 Å². The lowest BCUT2D eigenvalue weighted by Gasteiger charge is -2.33. The van der Waals surface area contributed by atoms with E-state index >= 15 is 0 Å². The summed E-state index contributed by atoms with van der Waals surface area (Å²) in [6.07, 6.45) is 0.125. The molecule has 0 aliphatic carbocycles. The molecule has 1 amide bonds. The average Bonchev–Trinajstić information content (AvgIpc) is 2.63. The highest BCUT2D eigenvalue weighted by Gasteiger charge is 2.25. The highest BCUT2D eigenvalue weighted by atomic mass is 16.6. The van der Waals surface area contributed by atoms with Crippen molar-refractivity contribution in [1.82, 2.24) is 4.90 Å². The quantitative estimate of drug-likeness (QED) is 0.640. The fourth-order valence-corrected chi connectivity index (χ4v) is 2.77. The maximum atomic E-state index is 12.5. The molecule has 124 valence electrons. The van der Waals surface area contributed by atoms with Crippen molar-refractivity contribution in [3.05, 3.63) is 75.8 Å². The number of non-ortho nitro benzene ring substituents is 1. The predicted molar refractivity (Wildman–Crippen MR) is 88.5 cm³/mol. The molecule has 0 N–H and O–H groups in total. The fraction of sp³-hybridized carbons (Fsp3) is 0.278. The van der Waals surface area contributed by atoms with E-state index in [0.29, 0.717) is 19.7 Å². The van der Waals surface area contributed by atoms with Gasteiger partial charge in [-0.15, -0.1) is 0 Å². The molecule has 6 heteroatoms. The van der Waals surface area contributed by atoms with Gasteiger partial charge in [0.1, 0.15) is 6.10 Å². The molecule has 0 spiro atoms. The molecule has 2 aromatic carbocycles. The monoisotopic (exact) mass is 326 g/mol. The molecule has 1 atom stereocenters. The van der Waals surface area contributed by atoms with Gasteiger partial charge in [-0.05, 0) is 11.1 Å². The van der Waals surface area contributed by atoms with Crippen LogP contribution >= 0.6 is 0 Å². The van der Waals surface area contributed by atoms with Gasteiger partial charge in [-0.2, -0.15) is 0 Å². The number of benzene rings is 2. The Bertz CT molecular complexity index is 716. The van der Waals surface area contributed by atoms with Gasteiger partial charge in [-0.3, -0.25) is 14.9 Å². The maximum absolute atomic E-state index is 12.5. The summed E-state index contributed by atoms with van der Waals surface area (Å²) in [7, 11) is 0. The van der Waals surface area contributed by atoms with Crippen molar-refractivity contribution in [1.29, 1.82) is 0 Å². The third-order valence-electron chi connectivity index (χ3n) is 4.09. The molecule has 1 fully saturated rings. The van der Waals surface area contributed by atoms with Crippen LogP contribution in [0.2, 0.25) is 0 Å². The van der Waals surface area contributed by atoms with Crippen molar-refractivity contribution in [2.75, 3.05) is 19.7 Å². The summed E-state index contributed by atoms with van der Waals surface area (Å²) < 4.78 is 5.77. The minimum Gasteiger partial charge on any atom is -0.370 e. The first-order chi connectivity index (χ1) is 11.6. The van der Waals surface area contributed by atoms with Crippen LogP contribution in [0.15, 0.2) is 54.6 Å². The summed E-state index contributed by atoms with van der Waals surface area (Å²) in [5.74, 6) is 0.00749. The highest BCUT2D eigenvalue weighted by molar-refractivity contribution is 5.79. The Morgan fingerprint density at radius 1 is 1.17 bits per heavy atom. The third kappa shape index (κ3) is 3.78. The largest absolute Gasteiger partial charge is 0.370 e. The number of rotatable bonds is 4. The van der Waals surface area contributed by atoms with Crippen LogP contribution < -0.4 is 0 Å². The van der Waals surface area contributed by atoms with Crippen LogP contribution in [0.4, 0.5) is 5.69 Å². The van der Waals surface area contributed by atoms with Crippen molar-refractivity contribution in [3.63, 3.8) is 0 Å². The van der Waals surface area contributed by atoms with Crippen LogP contribution in [0.25, 0.3) is 0 Å². The Morgan fingerprint density at radius 2 is 1.88 bits per heavy atom. The lowest BCUT2D eigenvalue weighted by atomic mass is 10.1. The number of nitro groups is 1. The Labute approximate surface area is 139 Å². The number of nitro benzene ring substituents is 1. The van der Waals surface area contributed by atoms with Crippen LogP contribution in [-0.4, -0.2) is 35.4 Å². The normalized spacial score (nSPS) is 17.5.